The van der Waals surface area contributed by atoms with Crippen molar-refractivity contribution in [3.8, 4) is 5.75 Å². The average Bonchev–Trinajstić information content (AvgIpc) is 2.81. The molecule has 3 aromatic rings. The second kappa shape index (κ2) is 9.90. The molecule has 4 rings (SSSR count). The monoisotopic (exact) mass is 487 g/mol. The molecule has 2 amide bonds. The van der Waals surface area contributed by atoms with Crippen LogP contribution in [0.3, 0.4) is 0 Å². The fourth-order valence-corrected chi connectivity index (χ4v) is 3.88. The Bertz CT molecular complexity index is 1230. The first-order valence-corrected chi connectivity index (χ1v) is 11.3. The first-order chi connectivity index (χ1) is 16.3. The second-order valence-corrected chi connectivity index (χ2v) is 8.32. The molecule has 0 saturated carbocycles. The topological polar surface area (TPSA) is 55.8 Å². The highest BCUT2D eigenvalue weighted by molar-refractivity contribution is 7.95. The van der Waals surface area contributed by atoms with Gasteiger partial charge in [0.15, 0.2) is 0 Å². The van der Waals surface area contributed by atoms with Crippen LogP contribution in [0, 0.1) is 0 Å². The maximum Gasteiger partial charge on any atom is 0.470 e. The van der Waals surface area contributed by atoms with E-state index >= 15 is 0 Å². The molecule has 5 nitrogen and oxygen atoms in total. The lowest BCUT2D eigenvalue weighted by Gasteiger charge is -2.25. The van der Waals surface area contributed by atoms with Crippen molar-refractivity contribution >= 4 is 46.8 Å². The highest BCUT2D eigenvalue weighted by Crippen LogP contribution is 2.37. The summed E-state index contributed by atoms with van der Waals surface area (Å²) in [5.74, 6) is -1.10. The molecule has 0 bridgehead atoms. The molecule has 0 atom stereocenters. The number of carbonyl (C=O) groups is 2. The van der Waals surface area contributed by atoms with Gasteiger partial charge < -0.3 is 4.74 Å². The molecular weight excluding hydrogens is 467 g/mol. The van der Waals surface area contributed by atoms with E-state index in [0.29, 0.717) is 17.4 Å². The number of ether oxygens (including phenoxy) is 1. The van der Waals surface area contributed by atoms with Crippen molar-refractivity contribution < 1.29 is 31.8 Å². The van der Waals surface area contributed by atoms with E-state index < -0.39 is 29.4 Å². The van der Waals surface area contributed by atoms with E-state index in [9.17, 15) is 22.8 Å². The predicted molar refractivity (Wildman–Crippen MR) is 125 cm³/mol. The summed E-state index contributed by atoms with van der Waals surface area (Å²) >= 11 is -0.909. The summed E-state index contributed by atoms with van der Waals surface area (Å²) in [6, 6.07) is 15.6. The maximum absolute atomic E-state index is 12.7. The van der Waals surface area contributed by atoms with Crippen molar-refractivity contribution in [2.45, 2.75) is 25.3 Å². The molecule has 0 fully saturated rings. The summed E-state index contributed by atoms with van der Waals surface area (Å²) in [7, 11) is 0. The molecular formula is C25H20F3NO4S. The Hall–Kier alpha value is -3.30. The van der Waals surface area contributed by atoms with E-state index in [4.69, 9.17) is 4.74 Å². The third kappa shape index (κ3) is 5.10. The van der Waals surface area contributed by atoms with Gasteiger partial charge in [0.1, 0.15) is 17.8 Å². The Morgan fingerprint density at radius 1 is 0.941 bits per heavy atom. The molecule has 3 aromatic carbocycles. The van der Waals surface area contributed by atoms with Crippen LogP contribution in [0.5, 0.6) is 5.75 Å². The third-order valence-corrected chi connectivity index (χ3v) is 5.63. The van der Waals surface area contributed by atoms with Crippen LogP contribution in [0.15, 0.2) is 54.6 Å². The Morgan fingerprint density at radius 2 is 1.65 bits per heavy atom. The summed E-state index contributed by atoms with van der Waals surface area (Å²) in [5.41, 5.74) is -2.89. The van der Waals surface area contributed by atoms with Crippen molar-refractivity contribution in [1.29, 1.82) is 0 Å². The average molecular weight is 487 g/mol. The number of benzene rings is 3. The third-order valence-electron chi connectivity index (χ3n) is 5.21. The zero-order valence-electron chi connectivity index (χ0n) is 18.1. The van der Waals surface area contributed by atoms with Gasteiger partial charge in [-0.2, -0.15) is 17.5 Å². The van der Waals surface area contributed by atoms with E-state index in [1.165, 1.54) is 12.1 Å². The van der Waals surface area contributed by atoms with Gasteiger partial charge in [-0.25, -0.2) is 0 Å². The number of hydrogen-bond donors (Lipinski definition) is 0. The molecule has 0 spiro atoms. The number of amides is 2. The smallest absolute Gasteiger partial charge is 0.470 e. The normalized spacial score (nSPS) is 13.8. The van der Waals surface area contributed by atoms with Crippen molar-refractivity contribution in [2.24, 2.45) is 0 Å². The van der Waals surface area contributed by atoms with E-state index in [1.807, 2.05) is 36.4 Å². The van der Waals surface area contributed by atoms with Crippen molar-refractivity contribution in [2.75, 3.05) is 6.61 Å². The molecule has 34 heavy (non-hydrogen) atoms. The highest BCUT2D eigenvalue weighted by Gasteiger charge is 2.39. The van der Waals surface area contributed by atoms with Crippen molar-refractivity contribution in [3.63, 3.8) is 0 Å². The number of unbranched alkanes of at least 4 members (excludes halogenated alkanes) is 1. The molecule has 0 saturated heterocycles. The van der Waals surface area contributed by atoms with Crippen LogP contribution in [-0.2, 0) is 4.28 Å². The fourth-order valence-electron chi connectivity index (χ4n) is 3.58. The number of carbonyl (C=O) groups excluding carboxylic acids is 2. The Labute approximate surface area is 198 Å². The lowest BCUT2D eigenvalue weighted by Crippen LogP contribution is -2.39. The van der Waals surface area contributed by atoms with Gasteiger partial charge in [0.05, 0.1) is 17.7 Å². The molecule has 176 valence electrons. The number of hydroxylamine groups is 2. The van der Waals surface area contributed by atoms with Gasteiger partial charge in [-0.1, -0.05) is 55.8 Å². The number of hydrogen-bond acceptors (Lipinski definition) is 5. The Morgan fingerprint density at radius 3 is 2.32 bits per heavy atom. The summed E-state index contributed by atoms with van der Waals surface area (Å²) in [6.45, 7) is 2.77. The number of nitrogens with zero attached hydrogens (tertiary/aromatic N) is 1. The molecule has 0 radical (unpaired) electrons. The molecule has 1 aliphatic rings. The molecule has 1 aliphatic heterocycles. The number of alkyl halides is 3. The van der Waals surface area contributed by atoms with Gasteiger partial charge in [0.2, 0.25) is 0 Å². The van der Waals surface area contributed by atoms with Crippen LogP contribution >= 0.6 is 12.0 Å². The highest BCUT2D eigenvalue weighted by atomic mass is 32.2. The summed E-state index contributed by atoms with van der Waals surface area (Å²) in [5, 5.41) is 1.17. The van der Waals surface area contributed by atoms with Crippen LogP contribution in [0.25, 0.3) is 22.9 Å². The minimum absolute atomic E-state index is 0.0960. The van der Waals surface area contributed by atoms with Crippen LogP contribution in [0.4, 0.5) is 13.2 Å². The first-order valence-electron chi connectivity index (χ1n) is 10.6. The van der Waals surface area contributed by atoms with Gasteiger partial charge in [0, 0.05) is 5.39 Å². The molecule has 1 heterocycles. The number of halogens is 3. The second-order valence-electron chi connectivity index (χ2n) is 7.54. The summed E-state index contributed by atoms with van der Waals surface area (Å²) in [4.78, 5) is 25.4. The van der Waals surface area contributed by atoms with E-state index in [2.05, 4.69) is 11.2 Å². The zero-order chi connectivity index (χ0) is 24.3. The molecule has 9 heteroatoms. The lowest BCUT2D eigenvalue weighted by molar-refractivity contribution is -0.0570. The summed E-state index contributed by atoms with van der Waals surface area (Å²) < 4.78 is 47.7. The van der Waals surface area contributed by atoms with E-state index in [-0.39, 0.29) is 16.2 Å². The molecule has 0 N–H and O–H groups in total. The fraction of sp³-hybridized carbons (Fsp3) is 0.200. The van der Waals surface area contributed by atoms with E-state index in [1.54, 1.807) is 18.2 Å². The molecule has 0 aromatic heterocycles. The number of imide groups is 1. The Kier molecular flexibility index (Phi) is 6.95. The van der Waals surface area contributed by atoms with Crippen molar-refractivity contribution in [3.05, 3.63) is 76.9 Å². The van der Waals surface area contributed by atoms with Crippen molar-refractivity contribution in [1.82, 2.24) is 5.06 Å². The van der Waals surface area contributed by atoms with Gasteiger partial charge in [-0.15, -0.1) is 5.06 Å². The molecule has 0 unspecified atom stereocenters. The quantitative estimate of drug-likeness (QED) is 0.150. The molecule has 0 aliphatic carbocycles. The van der Waals surface area contributed by atoms with Crippen LogP contribution in [0.2, 0.25) is 0 Å². The minimum atomic E-state index is -4.76. The van der Waals surface area contributed by atoms with Gasteiger partial charge in [-0.3, -0.25) is 9.59 Å². The summed E-state index contributed by atoms with van der Waals surface area (Å²) in [6.07, 6.45) is 5.79. The maximum atomic E-state index is 12.7. The van der Waals surface area contributed by atoms with Crippen LogP contribution < -0.4 is 4.74 Å². The Balaban J connectivity index is 1.61. The van der Waals surface area contributed by atoms with E-state index in [0.717, 1.165) is 29.7 Å². The van der Waals surface area contributed by atoms with Gasteiger partial charge >= 0.3 is 5.51 Å². The first kappa shape index (κ1) is 23.8. The SMILES string of the molecule is CCCCOc1ccc(/C=C/c2ccc3c4c(cccc24)C(=O)N(OSC(F)(F)F)C3=O)cc1. The minimum Gasteiger partial charge on any atom is -0.494 e. The lowest BCUT2D eigenvalue weighted by atomic mass is 9.92. The van der Waals surface area contributed by atoms with Gasteiger partial charge in [-0.05, 0) is 47.2 Å². The van der Waals surface area contributed by atoms with Gasteiger partial charge in [0.25, 0.3) is 11.8 Å². The zero-order valence-corrected chi connectivity index (χ0v) is 18.9. The number of rotatable bonds is 8. The van der Waals surface area contributed by atoms with Crippen LogP contribution in [-0.4, -0.2) is 29.0 Å². The largest absolute Gasteiger partial charge is 0.494 e. The van der Waals surface area contributed by atoms with Crippen LogP contribution in [0.1, 0.15) is 51.6 Å². The predicted octanol–water partition coefficient (Wildman–Crippen LogP) is 6.88. The standard InChI is InChI=1S/C25H20F3NO4S/c1-2-3-15-32-18-12-8-16(9-13-18)7-10-17-11-14-21-22-19(17)5-4-6-20(22)23(30)29(24(21)31)33-34-25(26,27)28/h4-14H,2-3,15H2,1H3/b10-7+.